The molecule has 3 rings (SSSR count). The molecule has 174 valence electrons. The van der Waals surface area contributed by atoms with Crippen molar-refractivity contribution in [3.63, 3.8) is 0 Å². The topological polar surface area (TPSA) is 37.7 Å². The molecule has 0 unspecified atom stereocenters. The van der Waals surface area contributed by atoms with Gasteiger partial charge in [0.15, 0.2) is 0 Å². The highest BCUT2D eigenvalue weighted by Gasteiger charge is 2.46. The van der Waals surface area contributed by atoms with Gasteiger partial charge in [0.25, 0.3) is 0 Å². The van der Waals surface area contributed by atoms with Crippen molar-refractivity contribution in [1.29, 1.82) is 0 Å². The van der Waals surface area contributed by atoms with Crippen LogP contribution >= 0.6 is 0 Å². The molecule has 0 radical (unpaired) electrons. The zero-order valence-corrected chi connectivity index (χ0v) is 19.0. The Morgan fingerprint density at radius 1 is 1.24 bits per heavy atom. The lowest BCUT2D eigenvalue weighted by Crippen LogP contribution is -2.35. The fraction of sp³-hybridized carbons (Fsp3) is 0.360. The predicted octanol–water partition coefficient (Wildman–Crippen LogP) is 5.79. The number of aliphatic imine (C=N–C) groups is 1. The molecule has 0 saturated heterocycles. The van der Waals surface area contributed by atoms with Crippen LogP contribution in [0.1, 0.15) is 43.2 Å². The summed E-state index contributed by atoms with van der Waals surface area (Å²) in [5.74, 6) is 4.78. The number of rotatable bonds is 2. The molecule has 8 heteroatoms. The molecule has 0 N–H and O–H groups in total. The van der Waals surface area contributed by atoms with Gasteiger partial charge in [0.2, 0.25) is 0 Å². The van der Waals surface area contributed by atoms with E-state index in [2.05, 4.69) is 28.4 Å². The average molecular weight is 459 g/mol. The molecule has 33 heavy (non-hydrogen) atoms. The van der Waals surface area contributed by atoms with Crippen LogP contribution in [0.3, 0.4) is 0 Å². The molecule has 0 spiro atoms. The molecule has 2 heterocycles. The Kier molecular flexibility index (Phi) is 6.94. The summed E-state index contributed by atoms with van der Waals surface area (Å²) in [4.78, 5) is 10.5. The molecular weight excluding hydrogens is 434 g/mol. The summed E-state index contributed by atoms with van der Waals surface area (Å²) in [6.45, 7) is 10.1. The van der Waals surface area contributed by atoms with Crippen LogP contribution < -0.4 is 4.90 Å². The lowest BCUT2D eigenvalue weighted by Gasteiger charge is -2.27. The van der Waals surface area contributed by atoms with Gasteiger partial charge in [-0.1, -0.05) is 24.6 Å². The molecule has 0 saturated carbocycles. The third-order valence-corrected chi connectivity index (χ3v) is 5.23. The zero-order chi connectivity index (χ0) is 24.4. The van der Waals surface area contributed by atoms with E-state index in [1.54, 1.807) is 36.9 Å². The zero-order valence-electron chi connectivity index (χ0n) is 19.0. The fourth-order valence-corrected chi connectivity index (χ4v) is 3.29. The van der Waals surface area contributed by atoms with Crippen molar-refractivity contribution >= 4 is 11.5 Å². The van der Waals surface area contributed by atoms with Crippen molar-refractivity contribution in [3.05, 3.63) is 70.9 Å². The van der Waals surface area contributed by atoms with Crippen molar-refractivity contribution in [2.75, 3.05) is 18.1 Å². The number of anilines is 1. The number of aryl methyl sites for hydroxylation is 1. The second kappa shape index (κ2) is 9.36. The standard InChI is InChI=1S/C25H25F4N3O/c1-16(2)31-23(22-17(3)7-6-8-19(22)26)32-13-14-33-15-18-20(30-12-10-21(18)32)9-11-24(4,5)25(27,28)29/h6-8,10,12H,1,13-15H2,2-5H3. The first-order chi connectivity index (χ1) is 15.4. The number of allylic oxidation sites excluding steroid dienone is 1. The molecule has 0 fully saturated rings. The number of benzene rings is 1. The van der Waals surface area contributed by atoms with Gasteiger partial charge in [-0.15, -0.1) is 0 Å². The first-order valence-corrected chi connectivity index (χ1v) is 10.3. The molecule has 0 bridgehead atoms. The normalized spacial score (nSPS) is 14.8. The summed E-state index contributed by atoms with van der Waals surface area (Å²) < 4.78 is 60.4. The summed E-state index contributed by atoms with van der Waals surface area (Å²) in [7, 11) is 0. The van der Waals surface area contributed by atoms with E-state index in [1.807, 2.05) is 0 Å². The van der Waals surface area contributed by atoms with Gasteiger partial charge in [-0.25, -0.2) is 14.4 Å². The van der Waals surface area contributed by atoms with Gasteiger partial charge in [-0.05, 0) is 51.3 Å². The second-order valence-electron chi connectivity index (χ2n) is 8.34. The second-order valence-corrected chi connectivity index (χ2v) is 8.34. The number of aromatic nitrogens is 1. The molecule has 0 amide bonds. The summed E-state index contributed by atoms with van der Waals surface area (Å²) in [5, 5.41) is 0. The lowest BCUT2D eigenvalue weighted by atomic mass is 9.93. The summed E-state index contributed by atoms with van der Waals surface area (Å²) >= 11 is 0. The third-order valence-electron chi connectivity index (χ3n) is 5.23. The number of alkyl halides is 3. The number of nitrogens with zero attached hydrogens (tertiary/aromatic N) is 3. The van der Waals surface area contributed by atoms with E-state index in [1.165, 1.54) is 12.3 Å². The van der Waals surface area contributed by atoms with Gasteiger partial charge in [0, 0.05) is 24.0 Å². The Labute approximate surface area is 191 Å². The highest BCUT2D eigenvalue weighted by molar-refractivity contribution is 6.11. The molecule has 1 aromatic heterocycles. The largest absolute Gasteiger partial charge is 0.404 e. The highest BCUT2D eigenvalue weighted by atomic mass is 19.4. The van der Waals surface area contributed by atoms with E-state index in [-0.39, 0.29) is 18.9 Å². The Morgan fingerprint density at radius 3 is 2.61 bits per heavy atom. The van der Waals surface area contributed by atoms with Crippen molar-refractivity contribution in [2.24, 2.45) is 10.4 Å². The van der Waals surface area contributed by atoms with Crippen LogP contribution in [0.15, 0.2) is 47.7 Å². The molecule has 0 atom stereocenters. The van der Waals surface area contributed by atoms with Crippen LogP contribution in [0.5, 0.6) is 0 Å². The number of ether oxygens (including phenoxy) is 1. The van der Waals surface area contributed by atoms with Gasteiger partial charge in [0.1, 0.15) is 22.8 Å². The minimum Gasteiger partial charge on any atom is -0.375 e. The minimum absolute atomic E-state index is 0.104. The van der Waals surface area contributed by atoms with Crippen LogP contribution in [0.25, 0.3) is 0 Å². The first-order valence-electron chi connectivity index (χ1n) is 10.3. The predicted molar refractivity (Wildman–Crippen MR) is 120 cm³/mol. The van der Waals surface area contributed by atoms with E-state index in [9.17, 15) is 17.6 Å². The monoisotopic (exact) mass is 459 g/mol. The van der Waals surface area contributed by atoms with Crippen LogP contribution in [0.2, 0.25) is 0 Å². The minimum atomic E-state index is -4.49. The van der Waals surface area contributed by atoms with Gasteiger partial charge < -0.3 is 9.64 Å². The van der Waals surface area contributed by atoms with Gasteiger partial charge >= 0.3 is 6.18 Å². The van der Waals surface area contributed by atoms with E-state index < -0.39 is 17.4 Å². The third kappa shape index (κ3) is 5.25. The maximum atomic E-state index is 14.9. The number of hydrogen-bond donors (Lipinski definition) is 0. The van der Waals surface area contributed by atoms with E-state index in [4.69, 9.17) is 4.74 Å². The Morgan fingerprint density at radius 2 is 1.97 bits per heavy atom. The number of fused-ring (bicyclic) bond motifs is 1. The fourth-order valence-electron chi connectivity index (χ4n) is 3.29. The van der Waals surface area contributed by atoms with Crippen molar-refractivity contribution in [1.82, 2.24) is 4.98 Å². The maximum Gasteiger partial charge on any atom is 0.404 e. The van der Waals surface area contributed by atoms with Gasteiger partial charge in [-0.3, -0.25) is 0 Å². The molecule has 0 aliphatic carbocycles. The molecule has 2 aromatic rings. The van der Waals surface area contributed by atoms with Crippen LogP contribution in [0.4, 0.5) is 23.2 Å². The van der Waals surface area contributed by atoms with Gasteiger partial charge in [0.05, 0.1) is 24.5 Å². The highest BCUT2D eigenvalue weighted by Crippen LogP contribution is 2.37. The molecule has 1 aliphatic rings. The van der Waals surface area contributed by atoms with Crippen molar-refractivity contribution in [2.45, 2.75) is 40.5 Å². The Bertz CT molecular complexity index is 1140. The first kappa shape index (κ1) is 24.5. The van der Waals surface area contributed by atoms with Crippen LogP contribution in [0, 0.1) is 30.0 Å². The molecule has 1 aliphatic heterocycles. The average Bonchev–Trinajstić information content (AvgIpc) is 2.93. The number of halogens is 4. The Balaban J connectivity index is 2.19. The summed E-state index contributed by atoms with van der Waals surface area (Å²) in [5.41, 5.74) is 0.554. The van der Waals surface area contributed by atoms with E-state index >= 15 is 0 Å². The number of pyridine rings is 1. The molecular formula is C25H25F4N3O. The number of amidine groups is 1. The van der Waals surface area contributed by atoms with E-state index in [0.717, 1.165) is 13.8 Å². The SMILES string of the molecule is C=C(C)N=C(c1c(C)cccc1F)N1CCOCc2c1ccnc2C#CC(C)(C)C(F)(F)F. The lowest BCUT2D eigenvalue weighted by molar-refractivity contribution is -0.190. The molecule has 1 aromatic carbocycles. The van der Waals surface area contributed by atoms with Crippen LogP contribution in [-0.4, -0.2) is 30.1 Å². The quantitative estimate of drug-likeness (QED) is 0.247. The molecule has 4 nitrogen and oxygen atoms in total. The Hall–Kier alpha value is -3.18. The maximum absolute atomic E-state index is 14.9. The van der Waals surface area contributed by atoms with Crippen molar-refractivity contribution < 1.29 is 22.3 Å². The van der Waals surface area contributed by atoms with Gasteiger partial charge in [-0.2, -0.15) is 13.2 Å². The summed E-state index contributed by atoms with van der Waals surface area (Å²) in [6.07, 6.45) is -3.02. The summed E-state index contributed by atoms with van der Waals surface area (Å²) in [6, 6.07) is 6.46. The van der Waals surface area contributed by atoms with Crippen LogP contribution in [-0.2, 0) is 11.3 Å². The van der Waals surface area contributed by atoms with E-state index in [0.29, 0.717) is 40.5 Å². The number of hydrogen-bond acceptors (Lipinski definition) is 3. The van der Waals surface area contributed by atoms with Crippen molar-refractivity contribution in [3.8, 4) is 11.8 Å². The smallest absolute Gasteiger partial charge is 0.375 e.